The summed E-state index contributed by atoms with van der Waals surface area (Å²) in [6.07, 6.45) is 2.20. The van der Waals surface area contributed by atoms with Crippen molar-refractivity contribution in [1.82, 2.24) is 15.0 Å². The topological polar surface area (TPSA) is 62.5 Å². The number of benzene rings is 1. The largest absolute Gasteiger partial charge is 0.351 e. The van der Waals surface area contributed by atoms with E-state index in [1.165, 1.54) is 35.7 Å². The third-order valence-corrected chi connectivity index (χ3v) is 4.49. The van der Waals surface area contributed by atoms with E-state index in [-0.39, 0.29) is 17.5 Å². The molecule has 0 spiro atoms. The van der Waals surface area contributed by atoms with Gasteiger partial charge in [-0.1, -0.05) is 16.5 Å². The van der Waals surface area contributed by atoms with Crippen LogP contribution in [0.1, 0.15) is 17.0 Å². The van der Waals surface area contributed by atoms with Gasteiger partial charge < -0.3 is 9.42 Å². The molecule has 0 aliphatic carbocycles. The minimum Gasteiger partial charge on any atom is -0.351 e. The van der Waals surface area contributed by atoms with Crippen molar-refractivity contribution in [2.75, 3.05) is 32.1 Å². The highest BCUT2D eigenvalue weighted by Crippen LogP contribution is 2.30. The minimum absolute atomic E-state index is 0.158. The van der Waals surface area contributed by atoms with E-state index in [2.05, 4.69) is 10.1 Å². The lowest BCUT2D eigenvalue weighted by Crippen LogP contribution is -2.33. The van der Waals surface area contributed by atoms with E-state index in [0.717, 1.165) is 13.0 Å². The first-order valence-electron chi connectivity index (χ1n) is 7.48. The van der Waals surface area contributed by atoms with Gasteiger partial charge in [0.1, 0.15) is 5.82 Å². The molecule has 0 saturated heterocycles. The van der Waals surface area contributed by atoms with Crippen LogP contribution in [0, 0.1) is 5.82 Å². The molecule has 2 aromatic heterocycles. The number of carbonyl (C=O) groups excluding carboxylic acids is 1. The smallest absolute Gasteiger partial charge is 0.298 e. The molecule has 3 rings (SSSR count). The number of carbonyl (C=O) groups is 1. The van der Waals surface area contributed by atoms with Crippen molar-refractivity contribution in [3.05, 3.63) is 42.0 Å². The van der Waals surface area contributed by atoms with E-state index in [0.29, 0.717) is 21.9 Å². The molecule has 0 bridgehead atoms. The molecule has 2 heterocycles. The number of rotatable bonds is 6. The number of fused-ring (bicyclic) bond motifs is 1. The lowest BCUT2D eigenvalue weighted by atomic mass is 10.3. The molecule has 1 aromatic carbocycles. The standard InChI is InChI=1S/C16H17FN4O2S/c1-20(2)8-3-9-21(15(22)13-6-7-18-23-13)16-19-12-5-4-11(17)10-14(12)24-16/h4-7,10H,3,8-9H2,1-2H3. The molecular weight excluding hydrogens is 331 g/mol. The van der Waals surface area contributed by atoms with E-state index in [1.807, 2.05) is 19.0 Å². The molecule has 0 unspecified atom stereocenters. The van der Waals surface area contributed by atoms with Crippen LogP contribution in [0.2, 0.25) is 0 Å². The Morgan fingerprint density at radius 2 is 2.12 bits per heavy atom. The highest BCUT2D eigenvalue weighted by atomic mass is 32.1. The van der Waals surface area contributed by atoms with Gasteiger partial charge in [-0.25, -0.2) is 9.37 Å². The van der Waals surface area contributed by atoms with Crippen molar-refractivity contribution in [2.45, 2.75) is 6.42 Å². The van der Waals surface area contributed by atoms with Gasteiger partial charge in [-0.3, -0.25) is 9.69 Å². The highest BCUT2D eigenvalue weighted by molar-refractivity contribution is 7.22. The van der Waals surface area contributed by atoms with Crippen LogP contribution in [0.4, 0.5) is 9.52 Å². The Morgan fingerprint density at radius 3 is 2.83 bits per heavy atom. The molecule has 126 valence electrons. The van der Waals surface area contributed by atoms with Crippen LogP contribution in [-0.2, 0) is 0 Å². The predicted octanol–water partition coefficient (Wildman–Crippen LogP) is 3.02. The Bertz CT molecular complexity index is 832. The number of hydrogen-bond donors (Lipinski definition) is 0. The molecule has 0 aliphatic rings. The summed E-state index contributed by atoms with van der Waals surface area (Å²) in [4.78, 5) is 20.8. The zero-order valence-electron chi connectivity index (χ0n) is 13.4. The van der Waals surface area contributed by atoms with Gasteiger partial charge in [0.25, 0.3) is 5.91 Å². The summed E-state index contributed by atoms with van der Waals surface area (Å²) in [5.41, 5.74) is 0.666. The van der Waals surface area contributed by atoms with Gasteiger partial charge in [0, 0.05) is 12.6 Å². The molecule has 1 amide bonds. The van der Waals surface area contributed by atoms with Gasteiger partial charge in [-0.2, -0.15) is 0 Å². The molecular formula is C16H17FN4O2S. The Hall–Kier alpha value is -2.32. The third kappa shape index (κ3) is 3.60. The molecule has 0 N–H and O–H groups in total. The first kappa shape index (κ1) is 16.5. The summed E-state index contributed by atoms with van der Waals surface area (Å²) < 4.78 is 19.1. The second kappa shape index (κ2) is 7.06. The van der Waals surface area contributed by atoms with Crippen molar-refractivity contribution in [3.63, 3.8) is 0 Å². The summed E-state index contributed by atoms with van der Waals surface area (Å²) >= 11 is 1.28. The van der Waals surface area contributed by atoms with Crippen molar-refractivity contribution < 1.29 is 13.7 Å². The van der Waals surface area contributed by atoms with E-state index in [9.17, 15) is 9.18 Å². The second-order valence-electron chi connectivity index (χ2n) is 5.60. The van der Waals surface area contributed by atoms with Crippen LogP contribution in [0.25, 0.3) is 10.2 Å². The number of thiazole rings is 1. The average molecular weight is 348 g/mol. The highest BCUT2D eigenvalue weighted by Gasteiger charge is 2.23. The number of aromatic nitrogens is 2. The molecule has 24 heavy (non-hydrogen) atoms. The summed E-state index contributed by atoms with van der Waals surface area (Å²) in [5.74, 6) is -0.463. The van der Waals surface area contributed by atoms with Crippen LogP contribution in [0.5, 0.6) is 0 Å². The molecule has 0 atom stereocenters. The summed E-state index contributed by atoms with van der Waals surface area (Å²) in [5, 5.41) is 4.11. The zero-order chi connectivity index (χ0) is 17.1. The Labute approximate surface area is 142 Å². The predicted molar refractivity (Wildman–Crippen MR) is 90.9 cm³/mol. The third-order valence-electron chi connectivity index (χ3n) is 3.45. The fraction of sp³-hybridized carbons (Fsp3) is 0.312. The number of hydrogen-bond acceptors (Lipinski definition) is 6. The Morgan fingerprint density at radius 1 is 1.29 bits per heavy atom. The summed E-state index contributed by atoms with van der Waals surface area (Å²) in [7, 11) is 3.95. The van der Waals surface area contributed by atoms with E-state index in [4.69, 9.17) is 4.52 Å². The maximum absolute atomic E-state index is 13.4. The minimum atomic E-state index is -0.321. The molecule has 6 nitrogen and oxygen atoms in total. The first-order chi connectivity index (χ1) is 11.5. The van der Waals surface area contributed by atoms with Gasteiger partial charge in [0.15, 0.2) is 5.13 Å². The Balaban J connectivity index is 1.91. The van der Waals surface area contributed by atoms with Gasteiger partial charge >= 0.3 is 0 Å². The lowest BCUT2D eigenvalue weighted by molar-refractivity contribution is 0.0950. The lowest BCUT2D eigenvalue weighted by Gasteiger charge is -2.19. The molecule has 0 radical (unpaired) electrons. The molecule has 0 aliphatic heterocycles. The normalized spacial score (nSPS) is 11.3. The number of halogens is 1. The fourth-order valence-electron chi connectivity index (χ4n) is 2.29. The average Bonchev–Trinajstić information content (AvgIpc) is 3.19. The maximum atomic E-state index is 13.4. The van der Waals surface area contributed by atoms with Crippen LogP contribution >= 0.6 is 11.3 Å². The van der Waals surface area contributed by atoms with Gasteiger partial charge in [0.2, 0.25) is 5.76 Å². The SMILES string of the molecule is CN(C)CCCN(C(=O)c1ccno1)c1nc2ccc(F)cc2s1. The van der Waals surface area contributed by atoms with E-state index in [1.54, 1.807) is 11.0 Å². The van der Waals surface area contributed by atoms with Gasteiger partial charge in [-0.05, 0) is 45.3 Å². The number of amides is 1. The van der Waals surface area contributed by atoms with Crippen molar-refractivity contribution in [3.8, 4) is 0 Å². The molecule has 8 heteroatoms. The van der Waals surface area contributed by atoms with Crippen LogP contribution in [-0.4, -0.2) is 48.1 Å². The van der Waals surface area contributed by atoms with Gasteiger partial charge in [-0.15, -0.1) is 0 Å². The number of nitrogens with zero attached hydrogens (tertiary/aromatic N) is 4. The van der Waals surface area contributed by atoms with Crippen LogP contribution < -0.4 is 4.90 Å². The quantitative estimate of drug-likeness (QED) is 0.685. The van der Waals surface area contributed by atoms with Crippen molar-refractivity contribution >= 4 is 32.6 Å². The zero-order valence-corrected chi connectivity index (χ0v) is 14.2. The molecule has 0 saturated carbocycles. The van der Waals surface area contributed by atoms with E-state index < -0.39 is 0 Å². The van der Waals surface area contributed by atoms with Crippen molar-refractivity contribution in [1.29, 1.82) is 0 Å². The van der Waals surface area contributed by atoms with E-state index >= 15 is 0 Å². The van der Waals surface area contributed by atoms with Gasteiger partial charge in [0.05, 0.1) is 16.4 Å². The van der Waals surface area contributed by atoms with Crippen LogP contribution in [0.15, 0.2) is 35.0 Å². The Kier molecular flexibility index (Phi) is 4.86. The summed E-state index contributed by atoms with van der Waals surface area (Å²) in [6, 6.07) is 5.92. The second-order valence-corrected chi connectivity index (χ2v) is 6.61. The molecule has 0 fully saturated rings. The summed E-state index contributed by atoms with van der Waals surface area (Å²) in [6.45, 7) is 1.32. The first-order valence-corrected chi connectivity index (χ1v) is 8.29. The fourth-order valence-corrected chi connectivity index (χ4v) is 3.30. The maximum Gasteiger partial charge on any atom is 0.298 e. The van der Waals surface area contributed by atoms with Crippen LogP contribution in [0.3, 0.4) is 0 Å². The number of anilines is 1. The monoisotopic (exact) mass is 348 g/mol. The van der Waals surface area contributed by atoms with Crippen molar-refractivity contribution in [2.24, 2.45) is 0 Å². The molecule has 3 aromatic rings.